The monoisotopic (exact) mass is 289 g/mol. The molecule has 1 aromatic carbocycles. The highest BCUT2D eigenvalue weighted by Crippen LogP contribution is 2.34. The molecule has 0 amide bonds. The zero-order valence-corrected chi connectivity index (χ0v) is 12.9. The third-order valence-corrected chi connectivity index (χ3v) is 5.92. The van der Waals surface area contributed by atoms with Gasteiger partial charge in [0.25, 0.3) is 0 Å². The summed E-state index contributed by atoms with van der Waals surface area (Å²) in [6.07, 6.45) is 8.23. The minimum absolute atomic E-state index is 0.504. The van der Waals surface area contributed by atoms with Crippen LogP contribution in [0.15, 0.2) is 46.2 Å². The van der Waals surface area contributed by atoms with Crippen LogP contribution < -0.4 is 0 Å². The molecular formula is C17H23NOS. The lowest BCUT2D eigenvalue weighted by Gasteiger charge is -2.36. The molecule has 3 atom stereocenters. The van der Waals surface area contributed by atoms with E-state index >= 15 is 0 Å². The molecule has 0 saturated carbocycles. The maximum Gasteiger partial charge on any atom is 0.0806 e. The first-order chi connectivity index (χ1) is 9.79. The molecule has 0 bridgehead atoms. The van der Waals surface area contributed by atoms with Crippen molar-refractivity contribution in [1.29, 1.82) is 0 Å². The van der Waals surface area contributed by atoms with Gasteiger partial charge in [0.2, 0.25) is 0 Å². The molecular weight excluding hydrogens is 266 g/mol. The number of rotatable bonds is 4. The molecule has 0 N–H and O–H groups in total. The first-order valence-corrected chi connectivity index (χ1v) is 8.88. The zero-order valence-electron chi connectivity index (χ0n) is 12.1. The molecule has 0 spiro atoms. The highest BCUT2D eigenvalue weighted by molar-refractivity contribution is 7.89. The van der Waals surface area contributed by atoms with E-state index in [0.29, 0.717) is 12.1 Å². The Balaban J connectivity index is 1.85. The topological polar surface area (TPSA) is 20.3 Å². The van der Waals surface area contributed by atoms with Gasteiger partial charge in [-0.25, -0.2) is 4.21 Å². The third kappa shape index (κ3) is 2.75. The maximum atomic E-state index is 12.8. The maximum absolute atomic E-state index is 12.8. The Morgan fingerprint density at radius 2 is 2.10 bits per heavy atom. The lowest BCUT2D eigenvalue weighted by atomic mass is 10.0. The van der Waals surface area contributed by atoms with Crippen molar-refractivity contribution in [2.75, 3.05) is 6.54 Å². The van der Waals surface area contributed by atoms with Gasteiger partial charge < -0.3 is 0 Å². The Morgan fingerprint density at radius 1 is 1.30 bits per heavy atom. The third-order valence-electron chi connectivity index (χ3n) is 4.44. The molecule has 2 heterocycles. The van der Waals surface area contributed by atoms with E-state index < -0.39 is 10.8 Å². The van der Waals surface area contributed by atoms with Crippen molar-refractivity contribution in [2.24, 2.45) is 0 Å². The van der Waals surface area contributed by atoms with E-state index in [-0.39, 0.29) is 0 Å². The zero-order chi connectivity index (χ0) is 13.9. The second-order valence-electron chi connectivity index (χ2n) is 5.81. The Morgan fingerprint density at radius 3 is 2.85 bits per heavy atom. The quantitative estimate of drug-likeness (QED) is 0.842. The first kappa shape index (κ1) is 14.0. The Kier molecular flexibility index (Phi) is 4.37. The van der Waals surface area contributed by atoms with Crippen molar-refractivity contribution in [2.45, 2.75) is 56.0 Å². The van der Waals surface area contributed by atoms with E-state index in [4.69, 9.17) is 0 Å². The highest BCUT2D eigenvalue weighted by atomic mass is 32.2. The first-order valence-electron chi connectivity index (χ1n) is 7.73. The Labute approximate surface area is 124 Å². The Hall–Kier alpha value is -0.930. The van der Waals surface area contributed by atoms with E-state index in [2.05, 4.69) is 17.9 Å². The van der Waals surface area contributed by atoms with Crippen LogP contribution in [0.25, 0.3) is 0 Å². The SMILES string of the molecule is CCC[C@@H]1C=C(S(=O)c2ccccc2)C[C@@H]2CCCN21. The van der Waals surface area contributed by atoms with Gasteiger partial charge in [-0.15, -0.1) is 0 Å². The van der Waals surface area contributed by atoms with E-state index in [1.165, 1.54) is 32.2 Å². The van der Waals surface area contributed by atoms with Crippen molar-refractivity contribution in [1.82, 2.24) is 4.90 Å². The molecule has 1 unspecified atom stereocenters. The number of hydrogen-bond acceptors (Lipinski definition) is 2. The molecule has 0 radical (unpaired) electrons. The van der Waals surface area contributed by atoms with E-state index in [9.17, 15) is 4.21 Å². The van der Waals surface area contributed by atoms with Crippen LogP contribution in [0.2, 0.25) is 0 Å². The van der Waals surface area contributed by atoms with Crippen LogP contribution in [0.4, 0.5) is 0 Å². The average Bonchev–Trinajstić information content (AvgIpc) is 2.96. The van der Waals surface area contributed by atoms with Crippen LogP contribution in [-0.4, -0.2) is 27.7 Å². The number of hydrogen-bond donors (Lipinski definition) is 0. The van der Waals surface area contributed by atoms with Gasteiger partial charge in [0.1, 0.15) is 0 Å². The summed E-state index contributed by atoms with van der Waals surface area (Å²) >= 11 is 0. The lowest BCUT2D eigenvalue weighted by Crippen LogP contribution is -2.41. The molecule has 0 aliphatic carbocycles. The fraction of sp³-hybridized carbons (Fsp3) is 0.529. The van der Waals surface area contributed by atoms with Crippen LogP contribution in [0, 0.1) is 0 Å². The van der Waals surface area contributed by atoms with E-state index in [0.717, 1.165) is 16.2 Å². The molecule has 2 nitrogen and oxygen atoms in total. The normalized spacial score (nSPS) is 27.9. The number of nitrogens with zero attached hydrogens (tertiary/aromatic N) is 1. The highest BCUT2D eigenvalue weighted by Gasteiger charge is 2.34. The Bertz CT molecular complexity index is 511. The van der Waals surface area contributed by atoms with Gasteiger partial charge in [0.15, 0.2) is 0 Å². The molecule has 20 heavy (non-hydrogen) atoms. The van der Waals surface area contributed by atoms with Crippen molar-refractivity contribution in [3.63, 3.8) is 0 Å². The minimum Gasteiger partial charge on any atom is -0.294 e. The van der Waals surface area contributed by atoms with Gasteiger partial charge >= 0.3 is 0 Å². The summed E-state index contributed by atoms with van der Waals surface area (Å²) in [4.78, 5) is 4.73. The molecule has 3 heteroatoms. The largest absolute Gasteiger partial charge is 0.294 e. The molecule has 1 aromatic rings. The standard InChI is InChI=1S/C17H23NOS/c1-2-7-14-12-17(13-15-8-6-11-18(14)15)20(19)16-9-4-3-5-10-16/h3-5,9-10,12,14-15H,2,6-8,11,13H2,1H3/t14-,15+,20?/m1/s1. The van der Waals surface area contributed by atoms with Gasteiger partial charge in [-0.05, 0) is 44.4 Å². The van der Waals surface area contributed by atoms with Crippen LogP contribution >= 0.6 is 0 Å². The molecule has 3 rings (SSSR count). The average molecular weight is 289 g/mol. The summed E-state index contributed by atoms with van der Waals surface area (Å²) in [6, 6.07) is 11.0. The summed E-state index contributed by atoms with van der Waals surface area (Å²) in [7, 11) is -0.969. The van der Waals surface area contributed by atoms with E-state index in [1.807, 2.05) is 30.3 Å². The molecule has 2 aliphatic rings. The van der Waals surface area contributed by atoms with Gasteiger partial charge in [-0.1, -0.05) is 37.6 Å². The molecule has 1 fully saturated rings. The van der Waals surface area contributed by atoms with Crippen LogP contribution in [0.5, 0.6) is 0 Å². The van der Waals surface area contributed by atoms with Crippen molar-refractivity contribution >= 4 is 10.8 Å². The summed E-state index contributed by atoms with van der Waals surface area (Å²) in [6.45, 7) is 3.46. The summed E-state index contributed by atoms with van der Waals surface area (Å²) < 4.78 is 12.8. The molecule has 2 aliphatic heterocycles. The lowest BCUT2D eigenvalue weighted by molar-refractivity contribution is 0.190. The van der Waals surface area contributed by atoms with Gasteiger partial charge in [-0.3, -0.25) is 4.90 Å². The van der Waals surface area contributed by atoms with Crippen molar-refractivity contribution in [3.8, 4) is 0 Å². The van der Waals surface area contributed by atoms with Gasteiger partial charge in [-0.2, -0.15) is 0 Å². The van der Waals surface area contributed by atoms with Crippen LogP contribution in [0.3, 0.4) is 0 Å². The molecule has 108 valence electrons. The number of benzene rings is 1. The smallest absolute Gasteiger partial charge is 0.0806 e. The summed E-state index contributed by atoms with van der Waals surface area (Å²) in [5.41, 5.74) is 0. The van der Waals surface area contributed by atoms with Gasteiger partial charge in [0, 0.05) is 21.9 Å². The second kappa shape index (κ2) is 6.23. The van der Waals surface area contributed by atoms with Crippen LogP contribution in [0.1, 0.15) is 39.0 Å². The summed E-state index contributed by atoms with van der Waals surface area (Å²) in [5.74, 6) is 0. The predicted molar refractivity (Wildman–Crippen MR) is 84.0 cm³/mol. The predicted octanol–water partition coefficient (Wildman–Crippen LogP) is 3.71. The van der Waals surface area contributed by atoms with Crippen molar-refractivity contribution < 1.29 is 4.21 Å². The van der Waals surface area contributed by atoms with Crippen LogP contribution in [-0.2, 0) is 10.8 Å². The minimum atomic E-state index is -0.969. The molecule has 0 aromatic heterocycles. The van der Waals surface area contributed by atoms with E-state index in [1.54, 1.807) is 0 Å². The fourth-order valence-electron chi connectivity index (χ4n) is 3.50. The van der Waals surface area contributed by atoms with Crippen molar-refractivity contribution in [3.05, 3.63) is 41.3 Å². The second-order valence-corrected chi connectivity index (χ2v) is 7.34. The number of fused-ring (bicyclic) bond motifs is 1. The van der Waals surface area contributed by atoms with Gasteiger partial charge in [0.05, 0.1) is 10.8 Å². The summed E-state index contributed by atoms with van der Waals surface area (Å²) in [5, 5.41) is 0. The molecule has 1 saturated heterocycles. The fourth-order valence-corrected chi connectivity index (χ4v) is 4.83.